The lowest BCUT2D eigenvalue weighted by Gasteiger charge is -2.16. The van der Waals surface area contributed by atoms with Crippen LogP contribution in [-0.2, 0) is 6.18 Å². The van der Waals surface area contributed by atoms with Crippen molar-refractivity contribution in [1.82, 2.24) is 24.6 Å². The van der Waals surface area contributed by atoms with E-state index in [1.807, 2.05) is 0 Å². The first-order valence-electron chi connectivity index (χ1n) is 9.71. The molecule has 0 fully saturated rings. The zero-order chi connectivity index (χ0) is 23.2. The van der Waals surface area contributed by atoms with Gasteiger partial charge in [-0.3, -0.25) is 4.79 Å². The highest BCUT2D eigenvalue weighted by molar-refractivity contribution is 6.01. The lowest BCUT2D eigenvalue weighted by molar-refractivity contribution is -0.137. The third-order valence-corrected chi connectivity index (χ3v) is 5.11. The van der Waals surface area contributed by atoms with Gasteiger partial charge in [-0.25, -0.2) is 15.0 Å². The van der Waals surface area contributed by atoms with E-state index >= 15 is 0 Å². The van der Waals surface area contributed by atoms with Crippen LogP contribution >= 0.6 is 0 Å². The molecule has 1 amide bonds. The van der Waals surface area contributed by atoms with Crippen LogP contribution in [-0.4, -0.2) is 30.5 Å². The molecule has 1 aromatic carbocycles. The fourth-order valence-electron chi connectivity index (χ4n) is 3.50. The van der Waals surface area contributed by atoms with Crippen LogP contribution in [0.25, 0.3) is 16.9 Å². The summed E-state index contributed by atoms with van der Waals surface area (Å²) in [6, 6.07) is 6.99. The Morgan fingerprint density at radius 3 is 2.31 bits per heavy atom. The molecule has 0 saturated heterocycles. The highest BCUT2D eigenvalue weighted by atomic mass is 19.4. The molecular formula is C22H19F3N6O. The lowest BCUT2D eigenvalue weighted by atomic mass is 9.99. The molecule has 0 radical (unpaired) electrons. The monoisotopic (exact) mass is 440 g/mol. The van der Waals surface area contributed by atoms with Gasteiger partial charge in [-0.2, -0.15) is 22.8 Å². The number of imidazole rings is 1. The van der Waals surface area contributed by atoms with Gasteiger partial charge in [0.25, 0.3) is 5.91 Å². The van der Waals surface area contributed by atoms with E-state index < -0.39 is 17.6 Å². The first kappa shape index (κ1) is 21.4. The number of aryl methyl sites for hydroxylation is 3. The van der Waals surface area contributed by atoms with Crippen molar-refractivity contribution in [3.63, 3.8) is 0 Å². The van der Waals surface area contributed by atoms with Crippen molar-refractivity contribution >= 4 is 17.4 Å². The molecule has 10 heteroatoms. The van der Waals surface area contributed by atoms with E-state index in [-0.39, 0.29) is 22.9 Å². The molecule has 7 nitrogen and oxygen atoms in total. The third-order valence-electron chi connectivity index (χ3n) is 5.11. The van der Waals surface area contributed by atoms with E-state index in [0.717, 1.165) is 6.07 Å². The maximum Gasteiger partial charge on any atom is 0.417 e. The number of alkyl halides is 3. The SMILES string of the molecule is Cc1cc(C)nc(C(=O)Nc2cnc3c(C)c(C)c(-c4ccccc4C(F)(F)F)nn23)n1. The number of aromatic nitrogens is 5. The average Bonchev–Trinajstić information content (AvgIpc) is 3.12. The van der Waals surface area contributed by atoms with Gasteiger partial charge in [-0.15, -0.1) is 0 Å². The van der Waals surface area contributed by atoms with Crippen LogP contribution < -0.4 is 5.32 Å². The molecule has 0 aliphatic rings. The van der Waals surface area contributed by atoms with Crippen molar-refractivity contribution in [2.24, 2.45) is 0 Å². The molecule has 164 valence electrons. The summed E-state index contributed by atoms with van der Waals surface area (Å²) in [4.78, 5) is 25.3. The number of hydrogen-bond acceptors (Lipinski definition) is 5. The molecule has 4 rings (SSSR count). The number of amides is 1. The van der Waals surface area contributed by atoms with Gasteiger partial charge >= 0.3 is 6.18 Å². The zero-order valence-electron chi connectivity index (χ0n) is 17.7. The average molecular weight is 440 g/mol. The van der Waals surface area contributed by atoms with Crippen LogP contribution in [0.1, 0.15) is 38.7 Å². The second kappa shape index (κ2) is 7.70. The Morgan fingerprint density at radius 1 is 1.00 bits per heavy atom. The van der Waals surface area contributed by atoms with Gasteiger partial charge in [0.2, 0.25) is 5.82 Å². The molecule has 0 atom stereocenters. The van der Waals surface area contributed by atoms with Crippen molar-refractivity contribution in [2.45, 2.75) is 33.9 Å². The Bertz CT molecular complexity index is 1340. The van der Waals surface area contributed by atoms with Gasteiger partial charge < -0.3 is 5.32 Å². The largest absolute Gasteiger partial charge is 0.417 e. The minimum Gasteiger partial charge on any atom is -0.302 e. The number of rotatable bonds is 3. The molecule has 0 saturated carbocycles. The maximum atomic E-state index is 13.6. The number of fused-ring (bicyclic) bond motifs is 1. The fraction of sp³-hybridized carbons (Fsp3) is 0.227. The molecule has 3 heterocycles. The minimum absolute atomic E-state index is 0.0241. The molecule has 0 aliphatic heterocycles. The number of carbonyl (C=O) groups is 1. The standard InChI is InChI=1S/C22H19F3N6O/c1-11-9-12(2)28-19(27-11)21(32)29-17-10-26-20-14(4)13(3)18(30-31(17)20)15-7-5-6-8-16(15)22(23,24)25/h5-10H,1-4H3,(H,29,32). The second-order valence-electron chi connectivity index (χ2n) is 7.45. The Balaban J connectivity index is 1.84. The summed E-state index contributed by atoms with van der Waals surface area (Å²) in [6.07, 6.45) is -3.14. The first-order chi connectivity index (χ1) is 15.1. The summed E-state index contributed by atoms with van der Waals surface area (Å²) in [5.41, 5.74) is 2.22. The highest BCUT2D eigenvalue weighted by Gasteiger charge is 2.34. The van der Waals surface area contributed by atoms with E-state index in [1.165, 1.54) is 28.9 Å². The van der Waals surface area contributed by atoms with Crippen LogP contribution in [0.5, 0.6) is 0 Å². The van der Waals surface area contributed by atoms with Crippen LogP contribution in [0.15, 0.2) is 36.5 Å². The van der Waals surface area contributed by atoms with E-state index in [4.69, 9.17) is 0 Å². The lowest BCUT2D eigenvalue weighted by Crippen LogP contribution is -2.18. The number of nitrogens with zero attached hydrogens (tertiary/aromatic N) is 5. The summed E-state index contributed by atoms with van der Waals surface area (Å²) in [5.74, 6) is -0.401. The summed E-state index contributed by atoms with van der Waals surface area (Å²) in [6.45, 7) is 6.94. The van der Waals surface area contributed by atoms with E-state index in [2.05, 4.69) is 25.4 Å². The van der Waals surface area contributed by atoms with E-state index in [0.29, 0.717) is 28.2 Å². The number of hydrogen-bond donors (Lipinski definition) is 1. The fourth-order valence-corrected chi connectivity index (χ4v) is 3.50. The Morgan fingerprint density at radius 2 is 1.66 bits per heavy atom. The van der Waals surface area contributed by atoms with Gasteiger partial charge in [-0.05, 0) is 51.0 Å². The summed E-state index contributed by atoms with van der Waals surface area (Å²) in [5, 5.41) is 7.08. The molecule has 1 N–H and O–H groups in total. The number of nitrogens with one attached hydrogen (secondary N) is 1. The molecule has 0 bridgehead atoms. The number of carbonyl (C=O) groups excluding carboxylic acids is 1. The number of anilines is 1. The highest BCUT2D eigenvalue weighted by Crippen LogP contribution is 2.38. The molecular weight excluding hydrogens is 421 g/mol. The Hall–Kier alpha value is -3.82. The summed E-state index contributed by atoms with van der Waals surface area (Å²) < 4.78 is 42.1. The number of halogens is 3. The summed E-state index contributed by atoms with van der Waals surface area (Å²) in [7, 11) is 0. The maximum absolute atomic E-state index is 13.6. The second-order valence-corrected chi connectivity index (χ2v) is 7.45. The predicted molar refractivity (Wildman–Crippen MR) is 112 cm³/mol. The van der Waals surface area contributed by atoms with E-state index in [9.17, 15) is 18.0 Å². The smallest absolute Gasteiger partial charge is 0.302 e. The third kappa shape index (κ3) is 3.79. The molecule has 0 spiro atoms. The normalized spacial score (nSPS) is 11.7. The van der Waals surface area contributed by atoms with E-state index in [1.54, 1.807) is 33.8 Å². The zero-order valence-corrected chi connectivity index (χ0v) is 17.7. The van der Waals surface area contributed by atoms with Crippen LogP contribution in [0, 0.1) is 27.7 Å². The molecule has 3 aromatic heterocycles. The van der Waals surface area contributed by atoms with Gasteiger partial charge in [0.1, 0.15) is 0 Å². The molecule has 0 aliphatic carbocycles. The Kier molecular flexibility index (Phi) is 5.15. The van der Waals surface area contributed by atoms with Crippen molar-refractivity contribution in [3.05, 3.63) is 70.4 Å². The topological polar surface area (TPSA) is 85.1 Å². The van der Waals surface area contributed by atoms with Crippen molar-refractivity contribution in [1.29, 1.82) is 0 Å². The first-order valence-corrected chi connectivity index (χ1v) is 9.71. The van der Waals surface area contributed by atoms with Crippen molar-refractivity contribution in [2.75, 3.05) is 5.32 Å². The van der Waals surface area contributed by atoms with Gasteiger partial charge in [0.15, 0.2) is 11.5 Å². The van der Waals surface area contributed by atoms with Crippen molar-refractivity contribution < 1.29 is 18.0 Å². The summed E-state index contributed by atoms with van der Waals surface area (Å²) >= 11 is 0. The predicted octanol–water partition coefficient (Wildman–Crippen LogP) is 4.69. The van der Waals surface area contributed by atoms with Crippen LogP contribution in [0.3, 0.4) is 0 Å². The molecule has 4 aromatic rings. The van der Waals surface area contributed by atoms with Gasteiger partial charge in [-0.1, -0.05) is 18.2 Å². The minimum atomic E-state index is -4.54. The molecule has 32 heavy (non-hydrogen) atoms. The van der Waals surface area contributed by atoms with Crippen molar-refractivity contribution in [3.8, 4) is 11.3 Å². The van der Waals surface area contributed by atoms with Crippen LogP contribution in [0.4, 0.5) is 19.0 Å². The van der Waals surface area contributed by atoms with Crippen LogP contribution in [0.2, 0.25) is 0 Å². The molecule has 0 unspecified atom stereocenters. The van der Waals surface area contributed by atoms with Gasteiger partial charge in [0.05, 0.1) is 17.5 Å². The van der Waals surface area contributed by atoms with Gasteiger partial charge in [0, 0.05) is 17.0 Å². The number of benzene rings is 1. The quantitative estimate of drug-likeness (QED) is 0.500. The Labute approximate surface area is 181 Å².